The number of hydrogen-bond acceptors (Lipinski definition) is 6. The highest BCUT2D eigenvalue weighted by molar-refractivity contribution is 7.91. The van der Waals surface area contributed by atoms with Crippen LogP contribution in [0.25, 0.3) is 5.65 Å². The maximum Gasteiger partial charge on any atom is 0.203 e. The number of aryl methyl sites for hydroxylation is 1. The van der Waals surface area contributed by atoms with Crippen LogP contribution in [0.15, 0.2) is 12.4 Å². The molecule has 96 valence electrons. The van der Waals surface area contributed by atoms with Crippen molar-refractivity contribution in [2.75, 3.05) is 16.8 Å². The van der Waals surface area contributed by atoms with Crippen molar-refractivity contribution in [3.63, 3.8) is 0 Å². The van der Waals surface area contributed by atoms with Crippen LogP contribution >= 0.6 is 0 Å². The third kappa shape index (κ3) is 1.92. The molecule has 2 aromatic rings. The molecule has 1 saturated heterocycles. The zero-order valence-electron chi connectivity index (χ0n) is 9.87. The minimum atomic E-state index is -2.90. The van der Waals surface area contributed by atoms with E-state index in [9.17, 15) is 8.42 Å². The average Bonchev–Trinajstić information content (AvgIpc) is 2.84. The third-order valence-electron chi connectivity index (χ3n) is 3.07. The maximum atomic E-state index is 11.4. The molecule has 1 unspecified atom stereocenters. The lowest BCUT2D eigenvalue weighted by Crippen LogP contribution is -2.21. The molecule has 1 aliphatic rings. The summed E-state index contributed by atoms with van der Waals surface area (Å²) in [5, 5.41) is 11.1. The Bertz CT molecular complexity index is 693. The van der Waals surface area contributed by atoms with E-state index in [1.807, 2.05) is 11.3 Å². The highest BCUT2D eigenvalue weighted by Crippen LogP contribution is 2.18. The smallest absolute Gasteiger partial charge is 0.203 e. The van der Waals surface area contributed by atoms with Crippen molar-refractivity contribution < 1.29 is 8.42 Å². The van der Waals surface area contributed by atoms with Crippen molar-refractivity contribution in [3.8, 4) is 0 Å². The first-order valence-corrected chi connectivity index (χ1v) is 7.50. The molecule has 1 N–H and O–H groups in total. The molecule has 0 spiro atoms. The number of anilines is 1. The molecule has 3 rings (SSSR count). The molecule has 0 aliphatic carbocycles. The molecule has 0 aromatic carbocycles. The summed E-state index contributed by atoms with van der Waals surface area (Å²) < 4.78 is 24.6. The molecule has 1 aliphatic heterocycles. The number of rotatable bonds is 2. The van der Waals surface area contributed by atoms with Gasteiger partial charge < -0.3 is 5.32 Å². The van der Waals surface area contributed by atoms with Gasteiger partial charge in [0.05, 0.1) is 11.5 Å². The number of sulfone groups is 1. The molecular formula is C10H13N5O2S. The molecule has 8 heteroatoms. The lowest BCUT2D eigenvalue weighted by Gasteiger charge is -2.11. The lowest BCUT2D eigenvalue weighted by atomic mass is 10.2. The van der Waals surface area contributed by atoms with Gasteiger partial charge in [0, 0.05) is 18.4 Å². The number of fused-ring (bicyclic) bond motifs is 1. The van der Waals surface area contributed by atoms with Crippen molar-refractivity contribution in [1.29, 1.82) is 0 Å². The zero-order valence-corrected chi connectivity index (χ0v) is 10.7. The Labute approximate surface area is 104 Å². The average molecular weight is 267 g/mol. The summed E-state index contributed by atoms with van der Waals surface area (Å²) in [7, 11) is -2.90. The van der Waals surface area contributed by atoms with Crippen LogP contribution in [0.1, 0.15) is 12.2 Å². The molecule has 1 fully saturated rings. The molecule has 3 heterocycles. The molecule has 0 radical (unpaired) electrons. The molecular weight excluding hydrogens is 254 g/mol. The van der Waals surface area contributed by atoms with Gasteiger partial charge in [-0.05, 0) is 13.3 Å². The van der Waals surface area contributed by atoms with E-state index in [-0.39, 0.29) is 17.5 Å². The Morgan fingerprint density at radius 1 is 1.44 bits per heavy atom. The second-order valence-electron chi connectivity index (χ2n) is 4.46. The summed E-state index contributed by atoms with van der Waals surface area (Å²) in [5.41, 5.74) is 0.624. The van der Waals surface area contributed by atoms with Crippen molar-refractivity contribution in [3.05, 3.63) is 18.2 Å². The van der Waals surface area contributed by atoms with E-state index in [2.05, 4.69) is 20.5 Å². The summed E-state index contributed by atoms with van der Waals surface area (Å²) in [5.74, 6) is 1.75. The summed E-state index contributed by atoms with van der Waals surface area (Å²) in [6.07, 6.45) is 4.04. The fraction of sp³-hybridized carbons (Fsp3) is 0.500. The van der Waals surface area contributed by atoms with Crippen molar-refractivity contribution in [2.24, 2.45) is 0 Å². The molecule has 0 saturated carbocycles. The van der Waals surface area contributed by atoms with Gasteiger partial charge in [0.25, 0.3) is 0 Å². The third-order valence-corrected chi connectivity index (χ3v) is 4.84. The number of nitrogens with zero attached hydrogens (tertiary/aromatic N) is 4. The lowest BCUT2D eigenvalue weighted by molar-refractivity contribution is 0.602. The second-order valence-corrected chi connectivity index (χ2v) is 6.69. The van der Waals surface area contributed by atoms with Crippen LogP contribution in [0.5, 0.6) is 0 Å². The summed E-state index contributed by atoms with van der Waals surface area (Å²) >= 11 is 0. The quantitative estimate of drug-likeness (QED) is 0.826. The van der Waals surface area contributed by atoms with Gasteiger partial charge in [0.2, 0.25) is 5.65 Å². The fourth-order valence-corrected chi connectivity index (χ4v) is 3.82. The Kier molecular flexibility index (Phi) is 2.47. The summed E-state index contributed by atoms with van der Waals surface area (Å²) in [6.45, 7) is 1.85. The van der Waals surface area contributed by atoms with Crippen LogP contribution in [-0.2, 0) is 9.84 Å². The molecule has 2 aromatic heterocycles. The number of hydrogen-bond donors (Lipinski definition) is 1. The van der Waals surface area contributed by atoms with Crippen molar-refractivity contribution >= 4 is 21.3 Å². The Morgan fingerprint density at radius 3 is 3.00 bits per heavy atom. The van der Waals surface area contributed by atoms with Crippen molar-refractivity contribution in [1.82, 2.24) is 19.6 Å². The van der Waals surface area contributed by atoms with Crippen LogP contribution in [0.3, 0.4) is 0 Å². The predicted octanol–water partition coefficient (Wildman–Crippen LogP) is 0.0317. The molecule has 18 heavy (non-hydrogen) atoms. The maximum absolute atomic E-state index is 11.4. The highest BCUT2D eigenvalue weighted by atomic mass is 32.2. The van der Waals surface area contributed by atoms with E-state index in [1.165, 1.54) is 0 Å². The Hall–Kier alpha value is -1.70. The summed E-state index contributed by atoms with van der Waals surface area (Å²) in [4.78, 5) is 4.20. The van der Waals surface area contributed by atoms with Crippen LogP contribution in [0.4, 0.5) is 5.82 Å². The SMILES string of the molecule is Cc1nnc2c(NC3CCS(=O)(=O)C3)nccn12. The van der Waals surface area contributed by atoms with Crippen LogP contribution in [0, 0.1) is 6.92 Å². The minimum absolute atomic E-state index is 0.0919. The predicted molar refractivity (Wildman–Crippen MR) is 66.2 cm³/mol. The van der Waals surface area contributed by atoms with Gasteiger partial charge in [0.1, 0.15) is 5.82 Å². The van der Waals surface area contributed by atoms with E-state index in [4.69, 9.17) is 0 Å². The van der Waals surface area contributed by atoms with Crippen LogP contribution < -0.4 is 5.32 Å². The van der Waals surface area contributed by atoms with Gasteiger partial charge in [-0.15, -0.1) is 10.2 Å². The van der Waals surface area contributed by atoms with Crippen LogP contribution in [-0.4, -0.2) is 45.5 Å². The number of aromatic nitrogens is 4. The summed E-state index contributed by atoms with van der Waals surface area (Å²) in [6, 6.07) is -0.0919. The Balaban J connectivity index is 1.92. The zero-order chi connectivity index (χ0) is 12.8. The van der Waals surface area contributed by atoms with E-state index in [1.54, 1.807) is 12.4 Å². The van der Waals surface area contributed by atoms with Gasteiger partial charge in [-0.3, -0.25) is 4.40 Å². The molecule has 0 amide bonds. The second kappa shape index (κ2) is 3.91. The number of nitrogens with one attached hydrogen (secondary N) is 1. The topological polar surface area (TPSA) is 89.2 Å². The largest absolute Gasteiger partial charge is 0.363 e. The monoisotopic (exact) mass is 267 g/mol. The molecule has 0 bridgehead atoms. The fourth-order valence-electron chi connectivity index (χ4n) is 2.15. The van der Waals surface area contributed by atoms with Crippen LogP contribution in [0.2, 0.25) is 0 Å². The van der Waals surface area contributed by atoms with Gasteiger partial charge in [-0.25, -0.2) is 13.4 Å². The first kappa shape index (κ1) is 11.4. The van der Waals surface area contributed by atoms with E-state index in [0.717, 1.165) is 5.82 Å². The molecule has 7 nitrogen and oxygen atoms in total. The van der Waals surface area contributed by atoms with Gasteiger partial charge >= 0.3 is 0 Å². The highest BCUT2D eigenvalue weighted by Gasteiger charge is 2.28. The van der Waals surface area contributed by atoms with E-state index < -0.39 is 9.84 Å². The Morgan fingerprint density at radius 2 is 2.28 bits per heavy atom. The van der Waals surface area contributed by atoms with Gasteiger partial charge in [-0.2, -0.15) is 0 Å². The first-order valence-electron chi connectivity index (χ1n) is 5.68. The van der Waals surface area contributed by atoms with Gasteiger partial charge in [0.15, 0.2) is 15.7 Å². The van der Waals surface area contributed by atoms with Gasteiger partial charge in [-0.1, -0.05) is 0 Å². The van der Waals surface area contributed by atoms with E-state index in [0.29, 0.717) is 17.9 Å². The molecule has 1 atom stereocenters. The van der Waals surface area contributed by atoms with E-state index >= 15 is 0 Å². The standard InChI is InChI=1S/C10H13N5O2S/c1-7-13-14-10-9(11-3-4-15(7)10)12-8-2-5-18(16,17)6-8/h3-4,8H,2,5-6H2,1H3,(H,11,12). The minimum Gasteiger partial charge on any atom is -0.363 e. The van der Waals surface area contributed by atoms with Crippen molar-refractivity contribution in [2.45, 2.75) is 19.4 Å². The first-order chi connectivity index (χ1) is 8.55. The normalized spacial score (nSPS) is 22.4.